The lowest BCUT2D eigenvalue weighted by atomic mass is 10.1. The number of amides is 1. The summed E-state index contributed by atoms with van der Waals surface area (Å²) in [5.41, 5.74) is 1.66. The van der Waals surface area contributed by atoms with Crippen molar-refractivity contribution in [3.05, 3.63) is 62.7 Å². The minimum absolute atomic E-state index is 0.0295. The number of carbonyl (C=O) groups excluding carboxylic acids is 1. The quantitative estimate of drug-likeness (QED) is 0.596. The van der Waals surface area contributed by atoms with E-state index in [9.17, 15) is 18.0 Å². The summed E-state index contributed by atoms with van der Waals surface area (Å²) in [6, 6.07) is 11.0. The number of aryl methyl sites for hydroxylation is 1. The van der Waals surface area contributed by atoms with Crippen molar-refractivity contribution < 1.29 is 18.0 Å². The summed E-state index contributed by atoms with van der Waals surface area (Å²) in [4.78, 5) is 16.4. The van der Waals surface area contributed by atoms with Gasteiger partial charge in [0.15, 0.2) is 0 Å². The molecule has 0 unspecified atom stereocenters. The Hall–Kier alpha value is -1.77. The first-order valence-electron chi connectivity index (χ1n) is 8.23. The zero-order chi connectivity index (χ0) is 18.9. The lowest BCUT2D eigenvalue weighted by Crippen LogP contribution is -2.49. The van der Waals surface area contributed by atoms with Crippen molar-refractivity contribution in [2.75, 3.05) is 31.1 Å². The summed E-state index contributed by atoms with van der Waals surface area (Å²) < 4.78 is 39.6. The maximum Gasteiger partial charge on any atom is 0.416 e. The van der Waals surface area contributed by atoms with Crippen LogP contribution in [0.25, 0.3) is 0 Å². The summed E-state index contributed by atoms with van der Waals surface area (Å²) in [5.74, 6) is -0.0295. The third-order valence-electron chi connectivity index (χ3n) is 4.46. The van der Waals surface area contributed by atoms with E-state index in [1.807, 2.05) is 30.0 Å². The molecule has 2 aromatic rings. The molecule has 0 aromatic heterocycles. The molecule has 138 valence electrons. The van der Waals surface area contributed by atoms with Gasteiger partial charge in [0.2, 0.25) is 0 Å². The summed E-state index contributed by atoms with van der Waals surface area (Å²) in [6.07, 6.45) is -4.35. The first kappa shape index (κ1) is 19.0. The monoisotopic (exact) mass is 474 g/mol. The number of hydrogen-bond donors (Lipinski definition) is 0. The van der Waals surface area contributed by atoms with E-state index in [1.165, 1.54) is 12.1 Å². The average Bonchev–Trinajstić information content (AvgIpc) is 2.61. The van der Waals surface area contributed by atoms with Gasteiger partial charge in [0.1, 0.15) is 0 Å². The van der Waals surface area contributed by atoms with Crippen LogP contribution in [0.3, 0.4) is 0 Å². The van der Waals surface area contributed by atoms with E-state index in [0.29, 0.717) is 37.4 Å². The number of benzene rings is 2. The Morgan fingerprint density at radius 2 is 1.73 bits per heavy atom. The highest BCUT2D eigenvalue weighted by Gasteiger charge is 2.31. The SMILES string of the molecule is Cc1ccc(C(=O)N2CCN(c3cccc(C(F)(F)F)c3)CC2)c(I)c1. The number of anilines is 1. The van der Waals surface area contributed by atoms with E-state index in [2.05, 4.69) is 22.6 Å². The summed E-state index contributed by atoms with van der Waals surface area (Å²) >= 11 is 2.16. The summed E-state index contributed by atoms with van der Waals surface area (Å²) in [7, 11) is 0. The molecule has 0 aliphatic carbocycles. The summed E-state index contributed by atoms with van der Waals surface area (Å²) in [5, 5.41) is 0. The van der Waals surface area contributed by atoms with E-state index >= 15 is 0 Å². The molecule has 1 saturated heterocycles. The fourth-order valence-corrected chi connectivity index (χ4v) is 3.91. The average molecular weight is 474 g/mol. The zero-order valence-corrected chi connectivity index (χ0v) is 16.3. The lowest BCUT2D eigenvalue weighted by molar-refractivity contribution is -0.137. The van der Waals surface area contributed by atoms with Gasteiger partial charge < -0.3 is 9.80 Å². The highest BCUT2D eigenvalue weighted by atomic mass is 127. The van der Waals surface area contributed by atoms with Crippen LogP contribution in [-0.2, 0) is 6.18 Å². The van der Waals surface area contributed by atoms with Crippen LogP contribution in [0.15, 0.2) is 42.5 Å². The Balaban J connectivity index is 1.68. The number of carbonyl (C=O) groups is 1. The minimum atomic E-state index is -4.35. The smallest absolute Gasteiger partial charge is 0.368 e. The van der Waals surface area contributed by atoms with E-state index in [-0.39, 0.29) is 5.91 Å². The van der Waals surface area contributed by atoms with E-state index < -0.39 is 11.7 Å². The van der Waals surface area contributed by atoms with Gasteiger partial charge in [-0.05, 0) is 59.8 Å². The second-order valence-electron chi connectivity index (χ2n) is 6.31. The van der Waals surface area contributed by atoms with Gasteiger partial charge in [-0.25, -0.2) is 0 Å². The van der Waals surface area contributed by atoms with Crippen molar-refractivity contribution in [2.45, 2.75) is 13.1 Å². The molecule has 2 aromatic carbocycles. The maximum atomic E-state index is 12.9. The van der Waals surface area contributed by atoms with Gasteiger partial charge in [0.25, 0.3) is 5.91 Å². The molecule has 0 radical (unpaired) electrons. The lowest BCUT2D eigenvalue weighted by Gasteiger charge is -2.36. The van der Waals surface area contributed by atoms with Crippen molar-refractivity contribution in [1.82, 2.24) is 4.90 Å². The molecule has 1 aliphatic heterocycles. The van der Waals surface area contributed by atoms with Gasteiger partial charge in [0.05, 0.1) is 11.1 Å². The second-order valence-corrected chi connectivity index (χ2v) is 7.47. The Bertz CT molecular complexity index is 815. The first-order chi connectivity index (χ1) is 12.3. The fraction of sp³-hybridized carbons (Fsp3) is 0.316. The molecular weight excluding hydrogens is 456 g/mol. The molecule has 1 amide bonds. The molecule has 0 bridgehead atoms. The van der Waals surface area contributed by atoms with Crippen molar-refractivity contribution in [3.63, 3.8) is 0 Å². The van der Waals surface area contributed by atoms with Crippen molar-refractivity contribution in [3.8, 4) is 0 Å². The number of rotatable bonds is 2. The predicted octanol–water partition coefficient (Wildman–Crippen LogP) is 4.58. The van der Waals surface area contributed by atoms with Gasteiger partial charge in [0, 0.05) is 35.4 Å². The molecule has 3 nitrogen and oxygen atoms in total. The molecule has 3 rings (SSSR count). The van der Waals surface area contributed by atoms with Crippen LogP contribution in [-0.4, -0.2) is 37.0 Å². The second kappa shape index (κ2) is 7.46. The highest BCUT2D eigenvalue weighted by molar-refractivity contribution is 14.1. The van der Waals surface area contributed by atoms with Crippen LogP contribution < -0.4 is 4.90 Å². The van der Waals surface area contributed by atoms with Gasteiger partial charge in [-0.1, -0.05) is 17.7 Å². The third-order valence-corrected chi connectivity index (χ3v) is 5.35. The van der Waals surface area contributed by atoms with Crippen LogP contribution in [0.1, 0.15) is 21.5 Å². The molecule has 0 N–H and O–H groups in total. The molecule has 1 heterocycles. The van der Waals surface area contributed by atoms with Crippen molar-refractivity contribution >= 4 is 34.2 Å². The van der Waals surface area contributed by atoms with Gasteiger partial charge in [-0.2, -0.15) is 13.2 Å². The highest BCUT2D eigenvalue weighted by Crippen LogP contribution is 2.32. The normalized spacial score (nSPS) is 15.3. The third kappa shape index (κ3) is 4.13. The number of alkyl halides is 3. The van der Waals surface area contributed by atoms with Crippen LogP contribution in [0, 0.1) is 10.5 Å². The van der Waals surface area contributed by atoms with Crippen LogP contribution in [0.4, 0.5) is 18.9 Å². The van der Waals surface area contributed by atoms with E-state index in [0.717, 1.165) is 15.2 Å². The minimum Gasteiger partial charge on any atom is -0.368 e. The standard InChI is InChI=1S/C19H18F3IN2O/c1-13-5-6-16(17(23)11-13)18(26)25-9-7-24(8-10-25)15-4-2-3-14(12-15)19(20,21)22/h2-6,11-12H,7-10H2,1H3. The largest absolute Gasteiger partial charge is 0.416 e. The number of nitrogens with zero attached hydrogens (tertiary/aromatic N) is 2. The molecule has 0 spiro atoms. The molecule has 7 heteroatoms. The van der Waals surface area contributed by atoms with Crippen molar-refractivity contribution in [1.29, 1.82) is 0 Å². The molecular formula is C19H18F3IN2O. The predicted molar refractivity (Wildman–Crippen MR) is 103 cm³/mol. The summed E-state index contributed by atoms with van der Waals surface area (Å²) in [6.45, 7) is 3.97. The number of hydrogen-bond acceptors (Lipinski definition) is 2. The fourth-order valence-electron chi connectivity index (χ4n) is 3.01. The Kier molecular flexibility index (Phi) is 5.45. The molecule has 26 heavy (non-hydrogen) atoms. The Morgan fingerprint density at radius 3 is 2.35 bits per heavy atom. The maximum absolute atomic E-state index is 12.9. The topological polar surface area (TPSA) is 23.6 Å². The van der Waals surface area contributed by atoms with Crippen LogP contribution in [0.5, 0.6) is 0 Å². The number of halogens is 4. The van der Waals surface area contributed by atoms with Crippen molar-refractivity contribution in [2.24, 2.45) is 0 Å². The Labute approximate surface area is 163 Å². The molecule has 1 aliphatic rings. The van der Waals surface area contributed by atoms with Gasteiger partial charge in [-0.3, -0.25) is 4.79 Å². The van der Waals surface area contributed by atoms with E-state index in [1.54, 1.807) is 11.0 Å². The first-order valence-corrected chi connectivity index (χ1v) is 9.31. The molecule has 0 saturated carbocycles. The zero-order valence-electron chi connectivity index (χ0n) is 14.2. The van der Waals surface area contributed by atoms with Crippen LogP contribution >= 0.6 is 22.6 Å². The van der Waals surface area contributed by atoms with E-state index in [4.69, 9.17) is 0 Å². The van der Waals surface area contributed by atoms with Gasteiger partial charge in [-0.15, -0.1) is 0 Å². The number of piperazine rings is 1. The Morgan fingerprint density at radius 1 is 1.04 bits per heavy atom. The molecule has 0 atom stereocenters. The van der Waals surface area contributed by atoms with Gasteiger partial charge >= 0.3 is 6.18 Å². The molecule has 1 fully saturated rings. The van der Waals surface area contributed by atoms with Crippen LogP contribution in [0.2, 0.25) is 0 Å².